The number of aromatic nitrogens is 3. The van der Waals surface area contributed by atoms with Crippen molar-refractivity contribution in [1.82, 2.24) is 15.0 Å². The molecule has 1 fully saturated rings. The van der Waals surface area contributed by atoms with Crippen molar-refractivity contribution in [2.24, 2.45) is 11.3 Å². The highest BCUT2D eigenvalue weighted by Crippen LogP contribution is 2.50. The zero-order valence-electron chi connectivity index (χ0n) is 14.6. The number of hydrogen-bond donors (Lipinski definition) is 0. The van der Waals surface area contributed by atoms with Crippen LogP contribution in [0.1, 0.15) is 31.7 Å². The van der Waals surface area contributed by atoms with Gasteiger partial charge in [-0.3, -0.25) is 14.7 Å². The fourth-order valence-electron chi connectivity index (χ4n) is 3.63. The monoisotopic (exact) mass is 332 g/mol. The van der Waals surface area contributed by atoms with E-state index in [0.29, 0.717) is 0 Å². The summed E-state index contributed by atoms with van der Waals surface area (Å²) in [6.07, 6.45) is 12.2. The summed E-state index contributed by atoms with van der Waals surface area (Å²) in [5, 5.41) is 0. The van der Waals surface area contributed by atoms with Crippen molar-refractivity contribution < 1.29 is 4.79 Å². The highest BCUT2D eigenvalue weighted by molar-refractivity contribution is 6.04. The van der Waals surface area contributed by atoms with Gasteiger partial charge in [0.25, 0.3) is 0 Å². The number of fused-ring (bicyclic) bond motifs is 1. The third-order valence-electron chi connectivity index (χ3n) is 5.15. The van der Waals surface area contributed by atoms with E-state index in [9.17, 15) is 4.79 Å². The lowest BCUT2D eigenvalue weighted by atomic mass is 9.75. The maximum absolute atomic E-state index is 13.1. The molecule has 5 nitrogen and oxygen atoms in total. The van der Waals surface area contributed by atoms with Crippen LogP contribution in [0.5, 0.6) is 0 Å². The van der Waals surface area contributed by atoms with E-state index >= 15 is 0 Å². The second kappa shape index (κ2) is 5.62. The van der Waals surface area contributed by atoms with Gasteiger partial charge in [0.05, 0.1) is 11.1 Å². The molecule has 5 heteroatoms. The van der Waals surface area contributed by atoms with Crippen LogP contribution in [0.2, 0.25) is 0 Å². The highest BCUT2D eigenvalue weighted by Gasteiger charge is 2.51. The van der Waals surface area contributed by atoms with Gasteiger partial charge in [0.1, 0.15) is 5.82 Å². The minimum Gasteiger partial charge on any atom is -0.284 e. The molecule has 0 bridgehead atoms. The van der Waals surface area contributed by atoms with Crippen LogP contribution in [0.4, 0.5) is 5.69 Å². The van der Waals surface area contributed by atoms with Crippen LogP contribution >= 0.6 is 0 Å². The number of carbonyl (C=O) groups is 1. The Bertz CT molecular complexity index is 882. The summed E-state index contributed by atoms with van der Waals surface area (Å²) in [4.78, 5) is 27.6. The van der Waals surface area contributed by atoms with Gasteiger partial charge in [-0.1, -0.05) is 19.9 Å². The maximum atomic E-state index is 13.1. The number of pyridine rings is 1. The lowest BCUT2D eigenvalue weighted by molar-refractivity contribution is -0.125. The van der Waals surface area contributed by atoms with Crippen LogP contribution < -0.4 is 4.90 Å². The van der Waals surface area contributed by atoms with Crippen LogP contribution in [0.25, 0.3) is 5.57 Å². The number of carbonyl (C=O) groups excluding carboxylic acids is 1. The van der Waals surface area contributed by atoms with E-state index in [2.05, 4.69) is 27.1 Å². The maximum Gasteiger partial charge on any atom is 0.237 e. The minimum atomic E-state index is -0.430. The first-order valence-corrected chi connectivity index (χ1v) is 8.44. The third-order valence-corrected chi connectivity index (χ3v) is 5.15. The number of aryl methyl sites for hydroxylation is 1. The second-order valence-corrected chi connectivity index (χ2v) is 7.10. The van der Waals surface area contributed by atoms with Gasteiger partial charge in [0, 0.05) is 42.0 Å². The van der Waals surface area contributed by atoms with Gasteiger partial charge in [0.2, 0.25) is 5.91 Å². The molecule has 3 heterocycles. The number of nitrogens with zero attached hydrogens (tertiary/aromatic N) is 4. The Balaban J connectivity index is 1.80. The molecular formula is C20H20N4O. The van der Waals surface area contributed by atoms with E-state index in [4.69, 9.17) is 0 Å². The van der Waals surface area contributed by atoms with Crippen molar-refractivity contribution in [2.75, 3.05) is 4.90 Å². The van der Waals surface area contributed by atoms with Gasteiger partial charge in [-0.25, -0.2) is 9.97 Å². The molecular weight excluding hydrogens is 312 g/mol. The smallest absolute Gasteiger partial charge is 0.237 e. The molecule has 1 aliphatic carbocycles. The number of allylic oxidation sites excluding steroid dienone is 4. The van der Waals surface area contributed by atoms with E-state index in [1.165, 1.54) is 0 Å². The fourth-order valence-corrected chi connectivity index (χ4v) is 3.63. The topological polar surface area (TPSA) is 59.0 Å². The molecule has 25 heavy (non-hydrogen) atoms. The summed E-state index contributed by atoms with van der Waals surface area (Å²) in [6, 6.07) is 3.76. The molecule has 0 N–H and O–H groups in total. The van der Waals surface area contributed by atoms with E-state index in [1.807, 2.05) is 50.2 Å². The number of hydrogen-bond acceptors (Lipinski definition) is 4. The Morgan fingerprint density at radius 3 is 2.52 bits per heavy atom. The molecule has 1 aliphatic heterocycles. The molecule has 0 saturated carbocycles. The molecule has 1 amide bonds. The summed E-state index contributed by atoms with van der Waals surface area (Å²) in [5.41, 5.74) is 3.52. The molecule has 1 saturated heterocycles. The van der Waals surface area contributed by atoms with Crippen molar-refractivity contribution in [3.05, 3.63) is 66.2 Å². The average molecular weight is 332 g/mol. The van der Waals surface area contributed by atoms with E-state index < -0.39 is 5.41 Å². The zero-order chi connectivity index (χ0) is 17.6. The standard InChI is InChI=1S/C20H20N4O/c1-13-22-11-15(12-23-13)14-4-5-17-18(10-14)24(19(25)20(17,2)3)16-6-8-21-9-7-16/h4,6-12,17H,5H2,1-3H3. The van der Waals surface area contributed by atoms with Gasteiger partial charge in [-0.15, -0.1) is 0 Å². The Kier molecular flexibility index (Phi) is 3.53. The summed E-state index contributed by atoms with van der Waals surface area (Å²) in [7, 11) is 0. The first kappa shape index (κ1) is 15.7. The van der Waals surface area contributed by atoms with Crippen molar-refractivity contribution in [3.63, 3.8) is 0 Å². The predicted molar refractivity (Wildman–Crippen MR) is 96.4 cm³/mol. The van der Waals surface area contributed by atoms with Gasteiger partial charge in [-0.2, -0.15) is 0 Å². The molecule has 0 spiro atoms. The molecule has 126 valence electrons. The molecule has 1 atom stereocenters. The summed E-state index contributed by atoms with van der Waals surface area (Å²) in [5.74, 6) is 1.05. The molecule has 4 rings (SSSR count). The first-order valence-electron chi connectivity index (χ1n) is 8.44. The molecule has 2 aromatic rings. The molecule has 0 aromatic carbocycles. The first-order chi connectivity index (χ1) is 12.0. The zero-order valence-corrected chi connectivity index (χ0v) is 14.6. The van der Waals surface area contributed by atoms with Crippen LogP contribution in [-0.4, -0.2) is 20.9 Å². The van der Waals surface area contributed by atoms with Crippen LogP contribution in [0, 0.1) is 18.3 Å². The lowest BCUT2D eigenvalue weighted by Gasteiger charge is -2.26. The van der Waals surface area contributed by atoms with E-state index in [1.54, 1.807) is 12.4 Å². The largest absolute Gasteiger partial charge is 0.284 e. The minimum absolute atomic E-state index is 0.129. The van der Waals surface area contributed by atoms with Crippen molar-refractivity contribution in [1.29, 1.82) is 0 Å². The summed E-state index contributed by atoms with van der Waals surface area (Å²) >= 11 is 0. The highest BCUT2D eigenvalue weighted by atomic mass is 16.2. The van der Waals surface area contributed by atoms with Crippen molar-refractivity contribution >= 4 is 17.2 Å². The van der Waals surface area contributed by atoms with Gasteiger partial charge in [0.15, 0.2) is 0 Å². The Labute approximate surface area is 147 Å². The Morgan fingerprint density at radius 2 is 1.84 bits per heavy atom. The fraction of sp³-hybridized carbons (Fsp3) is 0.300. The van der Waals surface area contributed by atoms with E-state index in [0.717, 1.165) is 34.8 Å². The van der Waals surface area contributed by atoms with Gasteiger partial charge in [-0.05, 0) is 37.1 Å². The number of rotatable bonds is 2. The quantitative estimate of drug-likeness (QED) is 0.844. The third kappa shape index (κ3) is 2.47. The molecule has 2 aromatic heterocycles. The normalized spacial score (nSPS) is 21.6. The van der Waals surface area contributed by atoms with Crippen LogP contribution in [0.3, 0.4) is 0 Å². The van der Waals surface area contributed by atoms with Gasteiger partial charge >= 0.3 is 0 Å². The number of anilines is 1. The summed E-state index contributed by atoms with van der Waals surface area (Å²) in [6.45, 7) is 5.93. The summed E-state index contributed by atoms with van der Waals surface area (Å²) < 4.78 is 0. The van der Waals surface area contributed by atoms with Crippen molar-refractivity contribution in [2.45, 2.75) is 27.2 Å². The van der Waals surface area contributed by atoms with E-state index in [-0.39, 0.29) is 11.8 Å². The molecule has 2 aliphatic rings. The van der Waals surface area contributed by atoms with Crippen LogP contribution in [0.15, 0.2) is 54.8 Å². The average Bonchev–Trinajstić information content (AvgIpc) is 2.82. The molecule has 1 unspecified atom stereocenters. The second-order valence-electron chi connectivity index (χ2n) is 7.10. The van der Waals surface area contributed by atoms with Crippen LogP contribution in [-0.2, 0) is 4.79 Å². The molecule has 0 radical (unpaired) electrons. The Morgan fingerprint density at radius 1 is 1.16 bits per heavy atom. The van der Waals surface area contributed by atoms with Gasteiger partial charge < -0.3 is 0 Å². The van der Waals surface area contributed by atoms with Crippen molar-refractivity contribution in [3.8, 4) is 0 Å². The Hall–Kier alpha value is -2.82. The lowest BCUT2D eigenvalue weighted by Crippen LogP contribution is -2.31. The SMILES string of the molecule is Cc1ncc(C2=CCC3C(=C2)N(c2ccncc2)C(=O)C3(C)C)cn1. The predicted octanol–water partition coefficient (Wildman–Crippen LogP) is 3.54. The number of amides is 1.